The van der Waals surface area contributed by atoms with Gasteiger partial charge in [0.15, 0.2) is 0 Å². The molecule has 4 rings (SSSR count). The van der Waals surface area contributed by atoms with E-state index in [0.29, 0.717) is 48.6 Å². The van der Waals surface area contributed by atoms with Gasteiger partial charge in [0.2, 0.25) is 0 Å². The number of carbonyl (C=O) groups excluding carboxylic acids is 2. The third kappa shape index (κ3) is 19.3. The summed E-state index contributed by atoms with van der Waals surface area (Å²) in [5, 5.41) is 63.7. The molecule has 4 aromatic carbocycles. The molecule has 0 fully saturated rings. The van der Waals surface area contributed by atoms with Crippen molar-refractivity contribution < 1.29 is 83.8 Å². The molecule has 4 aromatic rings. The monoisotopic (exact) mass is 766 g/mol. The number of para-hydroxylation sites is 2. The molecule has 0 saturated carbocycles. The van der Waals surface area contributed by atoms with Crippen LogP contribution in [-0.2, 0) is 34.1 Å². The Morgan fingerprint density at radius 1 is 0.580 bits per heavy atom. The fourth-order valence-electron chi connectivity index (χ4n) is 3.38. The quantitative estimate of drug-likeness (QED) is 0.107. The predicted octanol–water partition coefficient (Wildman–Crippen LogP) is -0.0286. The second-order valence-corrected chi connectivity index (χ2v) is 9.25. The Balaban J connectivity index is 0. The number of ether oxygens (including phenoxy) is 2. The molecule has 0 heterocycles. The van der Waals surface area contributed by atoms with E-state index >= 15 is 0 Å². The summed E-state index contributed by atoms with van der Waals surface area (Å²) in [6.45, 7) is 0.639. The van der Waals surface area contributed by atoms with Crippen molar-refractivity contribution in [3.63, 3.8) is 0 Å². The van der Waals surface area contributed by atoms with Crippen molar-refractivity contribution in [3.8, 4) is 23.0 Å². The molecule has 0 unspecified atom stereocenters. The van der Waals surface area contributed by atoms with E-state index in [2.05, 4.69) is 9.98 Å². The SMILES string of the molecule is COc1cccc(C=NCCC[O-])c1[O-].COc1cccc(C=NCCC[O-])c1[O-].O=C([O-])c1ccccc1.O=C([O-])c1ccccc1.[Mn+3].[Mn+3]. The van der Waals surface area contributed by atoms with Gasteiger partial charge in [-0.05, 0) is 47.2 Å². The van der Waals surface area contributed by atoms with Crippen LogP contribution in [0.3, 0.4) is 0 Å². The summed E-state index contributed by atoms with van der Waals surface area (Å²) in [5.41, 5.74) is 1.41. The smallest absolute Gasteiger partial charge is 0.870 e. The Hall–Kier alpha value is -4.68. The van der Waals surface area contributed by atoms with Crippen molar-refractivity contribution in [2.24, 2.45) is 9.98 Å². The molecule has 0 amide bonds. The van der Waals surface area contributed by atoms with E-state index < -0.39 is 11.9 Å². The Labute approximate surface area is 312 Å². The molecular weight excluding hydrogens is 730 g/mol. The van der Waals surface area contributed by atoms with Crippen molar-refractivity contribution in [1.29, 1.82) is 0 Å². The number of carboxylic acid groups (broad SMARTS) is 2. The number of benzene rings is 4. The third-order valence-electron chi connectivity index (χ3n) is 5.80. The summed E-state index contributed by atoms with van der Waals surface area (Å²) in [6, 6.07) is 26.1. The van der Waals surface area contributed by atoms with Gasteiger partial charge < -0.3 is 49.7 Å². The van der Waals surface area contributed by atoms with Gasteiger partial charge in [0.25, 0.3) is 0 Å². The molecule has 0 spiro atoms. The summed E-state index contributed by atoms with van der Waals surface area (Å²) in [5.74, 6) is -1.99. The first-order chi connectivity index (χ1) is 23.2. The largest absolute Gasteiger partial charge is 3.00 e. The van der Waals surface area contributed by atoms with Crippen LogP contribution in [0, 0.1) is 0 Å². The molecule has 50 heavy (non-hydrogen) atoms. The Kier molecular flexibility index (Phi) is 27.8. The first-order valence-electron chi connectivity index (χ1n) is 14.6. The van der Waals surface area contributed by atoms with Crippen molar-refractivity contribution in [3.05, 3.63) is 119 Å². The van der Waals surface area contributed by atoms with Crippen molar-refractivity contribution in [2.45, 2.75) is 12.8 Å². The minimum Gasteiger partial charge on any atom is -0.870 e. The van der Waals surface area contributed by atoms with Crippen LogP contribution >= 0.6 is 0 Å². The summed E-state index contributed by atoms with van der Waals surface area (Å²) in [4.78, 5) is 28.2. The third-order valence-corrected chi connectivity index (χ3v) is 5.80. The van der Waals surface area contributed by atoms with Gasteiger partial charge in [0.05, 0.1) is 26.2 Å². The molecule has 0 bridgehead atoms. The van der Waals surface area contributed by atoms with E-state index in [9.17, 15) is 40.2 Å². The van der Waals surface area contributed by atoms with E-state index in [1.54, 1.807) is 72.8 Å². The number of carboxylic acids is 2. The Morgan fingerprint density at radius 2 is 0.920 bits per heavy atom. The molecule has 14 heteroatoms. The van der Waals surface area contributed by atoms with Gasteiger partial charge in [-0.3, -0.25) is 9.98 Å². The second-order valence-electron chi connectivity index (χ2n) is 9.25. The van der Waals surface area contributed by atoms with Crippen LogP contribution in [0.15, 0.2) is 107 Å². The molecule has 0 saturated heterocycles. The van der Waals surface area contributed by atoms with Gasteiger partial charge in [-0.15, -0.1) is 13.2 Å². The fraction of sp³-hybridized carbons (Fsp3) is 0.222. The number of nitrogens with zero attached hydrogens (tertiary/aromatic N) is 2. The Morgan fingerprint density at radius 3 is 1.18 bits per heavy atom. The van der Waals surface area contributed by atoms with Gasteiger partial charge in [-0.2, -0.15) is 0 Å². The van der Waals surface area contributed by atoms with Crippen LogP contribution in [0.5, 0.6) is 23.0 Å². The zero-order valence-electron chi connectivity index (χ0n) is 27.4. The van der Waals surface area contributed by atoms with E-state index in [0.717, 1.165) is 0 Å². The van der Waals surface area contributed by atoms with Crippen LogP contribution in [0.25, 0.3) is 0 Å². The van der Waals surface area contributed by atoms with Gasteiger partial charge in [-0.1, -0.05) is 96.4 Å². The van der Waals surface area contributed by atoms with Crippen LogP contribution in [0.2, 0.25) is 0 Å². The van der Waals surface area contributed by atoms with Gasteiger partial charge in [0, 0.05) is 25.5 Å². The zero-order chi connectivity index (χ0) is 35.6. The summed E-state index contributed by atoms with van der Waals surface area (Å²) >= 11 is 0. The molecule has 0 atom stereocenters. The molecule has 0 aliphatic rings. The average Bonchev–Trinajstić information content (AvgIpc) is 3.11. The molecule has 264 valence electrons. The van der Waals surface area contributed by atoms with Crippen LogP contribution in [-0.4, -0.2) is 64.9 Å². The van der Waals surface area contributed by atoms with Gasteiger partial charge >= 0.3 is 34.1 Å². The minimum absolute atomic E-state index is 0. The fourth-order valence-corrected chi connectivity index (χ4v) is 3.38. The molecule has 0 radical (unpaired) electrons. The topological polar surface area (TPSA) is 216 Å². The van der Waals surface area contributed by atoms with Crippen molar-refractivity contribution in [2.75, 3.05) is 40.5 Å². The first-order valence-corrected chi connectivity index (χ1v) is 14.6. The normalized spacial score (nSPS) is 9.68. The first kappa shape index (κ1) is 47.4. The van der Waals surface area contributed by atoms with Crippen molar-refractivity contribution >= 4 is 24.4 Å². The van der Waals surface area contributed by atoms with Crippen LogP contribution in [0.4, 0.5) is 0 Å². The number of methoxy groups -OCH3 is 2. The standard InChI is InChI=1S/2C11H14NO3.2C7H6O2.2Mn/c2*1-15-10-5-2-4-9(11(10)14)8-12-6-3-7-13;2*8-7(9)6-4-2-1-3-5-6;;/h2*2,4-5,8,14H,3,6-7H2,1H3;2*1-5H,(H,8,9);;/q2*-1;;;2*+3/p-4. The maximum atomic E-state index is 11.6. The van der Waals surface area contributed by atoms with E-state index in [-0.39, 0.29) is 70.0 Å². The maximum Gasteiger partial charge on any atom is 3.00 e. The average molecular weight is 767 g/mol. The number of rotatable bonds is 12. The van der Waals surface area contributed by atoms with E-state index in [1.807, 2.05) is 0 Å². The number of carbonyl (C=O) groups is 2. The second kappa shape index (κ2) is 29.3. The predicted molar refractivity (Wildman–Crippen MR) is 170 cm³/mol. The van der Waals surface area contributed by atoms with Crippen LogP contribution < -0.4 is 40.1 Å². The number of aromatic carboxylic acids is 2. The molecule has 0 aliphatic heterocycles. The van der Waals surface area contributed by atoms with Crippen molar-refractivity contribution in [1.82, 2.24) is 0 Å². The summed E-state index contributed by atoms with van der Waals surface area (Å²) < 4.78 is 9.78. The van der Waals surface area contributed by atoms with E-state index in [4.69, 9.17) is 9.47 Å². The molecular formula is C36H36Mn2N2O10. The molecule has 0 aromatic heterocycles. The summed E-state index contributed by atoms with van der Waals surface area (Å²) in [7, 11) is 2.91. The maximum absolute atomic E-state index is 11.6. The van der Waals surface area contributed by atoms with Crippen LogP contribution in [0.1, 0.15) is 44.7 Å². The molecule has 12 nitrogen and oxygen atoms in total. The Bertz CT molecular complexity index is 1440. The minimum atomic E-state index is -1.13. The summed E-state index contributed by atoms with van der Waals surface area (Å²) in [6.07, 6.45) is 3.96. The van der Waals surface area contributed by atoms with Gasteiger partial charge in [0.1, 0.15) is 11.5 Å². The number of hydrogen-bond donors (Lipinski definition) is 0. The molecule has 0 N–H and O–H groups in total. The number of aliphatic imine (C=N–C) groups is 2. The van der Waals surface area contributed by atoms with Gasteiger partial charge in [-0.25, -0.2) is 0 Å². The molecule has 0 aliphatic carbocycles. The zero-order valence-corrected chi connectivity index (χ0v) is 29.7. The van der Waals surface area contributed by atoms with E-state index in [1.165, 1.54) is 50.9 Å². The number of hydrogen-bond acceptors (Lipinski definition) is 12.